The molecule has 1 fully saturated rings. The number of carbonyl (C=O) groups excluding carboxylic acids is 2. The third-order valence-corrected chi connectivity index (χ3v) is 7.38. The summed E-state index contributed by atoms with van der Waals surface area (Å²) in [6.45, 7) is 7.65. The first-order valence-corrected chi connectivity index (χ1v) is 14.0. The second-order valence-corrected chi connectivity index (χ2v) is 14.9. The van der Waals surface area contributed by atoms with Crippen LogP contribution in [0.1, 0.15) is 16.9 Å². The van der Waals surface area contributed by atoms with E-state index in [0.29, 0.717) is 25.3 Å². The lowest BCUT2D eigenvalue weighted by Crippen LogP contribution is -2.33. The minimum Gasteiger partial charge on any atom is -0.465 e. The predicted octanol–water partition coefficient (Wildman–Crippen LogP) is 3.71. The monoisotopic (exact) mass is 466 g/mol. The Labute approximate surface area is 174 Å². The van der Waals surface area contributed by atoms with Crippen LogP contribution in [0.3, 0.4) is 0 Å². The lowest BCUT2D eigenvalue weighted by molar-refractivity contribution is -0.145. The van der Waals surface area contributed by atoms with Gasteiger partial charge in [0.2, 0.25) is 0 Å². The van der Waals surface area contributed by atoms with Gasteiger partial charge in [-0.15, -0.1) is 0 Å². The molecule has 8 heteroatoms. The fourth-order valence-electron chi connectivity index (χ4n) is 3.26. The average Bonchev–Trinajstić information content (AvgIpc) is 3.20. The Hall–Kier alpha value is -1.64. The Morgan fingerprint density at radius 2 is 2.07 bits per heavy atom. The van der Waals surface area contributed by atoms with Crippen LogP contribution < -0.4 is 5.32 Å². The van der Waals surface area contributed by atoms with Crippen molar-refractivity contribution in [3.05, 3.63) is 34.4 Å². The summed E-state index contributed by atoms with van der Waals surface area (Å²) >= 11 is 3.51. The number of hydrogen-bond acceptors (Lipinski definition) is 5. The van der Waals surface area contributed by atoms with E-state index >= 15 is 0 Å². The zero-order chi connectivity index (χ0) is 20.5. The van der Waals surface area contributed by atoms with Crippen molar-refractivity contribution in [3.8, 4) is 0 Å². The van der Waals surface area contributed by atoms with Crippen LogP contribution in [0.2, 0.25) is 25.7 Å². The van der Waals surface area contributed by atoms with Crippen molar-refractivity contribution in [2.45, 2.75) is 44.3 Å². The first kappa shape index (κ1) is 21.1. The number of ether oxygens (including phenoxy) is 2. The van der Waals surface area contributed by atoms with E-state index in [4.69, 9.17) is 9.47 Å². The number of esters is 2. The summed E-state index contributed by atoms with van der Waals surface area (Å²) in [5, 5.41) is 4.07. The van der Waals surface area contributed by atoms with Crippen molar-refractivity contribution in [1.29, 1.82) is 0 Å². The maximum Gasteiger partial charge on any atom is 0.355 e. The van der Waals surface area contributed by atoms with Crippen LogP contribution in [0.15, 0.2) is 28.7 Å². The standard InChI is InChI=1S/C20H27BrN2O4Si/c1-23-17-7-5-6-15(21)14(17)11-18(23)20(25)27-13-10-16(22-12-13)19(24)26-8-9-28(2,3)4/h5-7,11,13,16,22H,8-10,12H2,1-4H3/t13-,16+/m1/s1. The van der Waals surface area contributed by atoms with E-state index in [9.17, 15) is 9.59 Å². The van der Waals surface area contributed by atoms with Crippen molar-refractivity contribution in [3.63, 3.8) is 0 Å². The Balaban J connectivity index is 1.57. The van der Waals surface area contributed by atoms with Crippen molar-refractivity contribution in [2.75, 3.05) is 13.2 Å². The molecule has 3 rings (SSSR count). The molecule has 2 heterocycles. The van der Waals surface area contributed by atoms with Crippen LogP contribution in [0.4, 0.5) is 0 Å². The van der Waals surface area contributed by atoms with Gasteiger partial charge in [-0.1, -0.05) is 41.6 Å². The summed E-state index contributed by atoms with van der Waals surface area (Å²) < 4.78 is 13.8. The van der Waals surface area contributed by atoms with E-state index in [2.05, 4.69) is 40.9 Å². The van der Waals surface area contributed by atoms with E-state index in [0.717, 1.165) is 21.4 Å². The van der Waals surface area contributed by atoms with Gasteiger partial charge in [0.1, 0.15) is 17.8 Å². The first-order valence-electron chi connectivity index (χ1n) is 9.50. The molecule has 1 aliphatic heterocycles. The van der Waals surface area contributed by atoms with Crippen molar-refractivity contribution < 1.29 is 19.1 Å². The molecular formula is C20H27BrN2O4Si. The van der Waals surface area contributed by atoms with Gasteiger partial charge in [-0.05, 0) is 24.2 Å². The third kappa shape index (κ3) is 4.85. The summed E-state index contributed by atoms with van der Waals surface area (Å²) in [6.07, 6.45) is 0.0917. The zero-order valence-corrected chi connectivity index (χ0v) is 19.3. The summed E-state index contributed by atoms with van der Waals surface area (Å²) in [7, 11) is 0.611. The quantitative estimate of drug-likeness (QED) is 0.518. The Morgan fingerprint density at radius 3 is 2.75 bits per heavy atom. The summed E-state index contributed by atoms with van der Waals surface area (Å²) in [5.41, 5.74) is 1.44. The molecule has 0 bridgehead atoms. The minimum atomic E-state index is -1.23. The number of carbonyl (C=O) groups is 2. The van der Waals surface area contributed by atoms with Crippen molar-refractivity contribution in [2.24, 2.45) is 7.05 Å². The van der Waals surface area contributed by atoms with Gasteiger partial charge >= 0.3 is 11.9 Å². The lowest BCUT2D eigenvalue weighted by Gasteiger charge is -2.16. The maximum absolute atomic E-state index is 12.7. The highest BCUT2D eigenvalue weighted by Crippen LogP contribution is 2.27. The highest BCUT2D eigenvalue weighted by atomic mass is 79.9. The molecule has 1 N–H and O–H groups in total. The van der Waals surface area contributed by atoms with Crippen LogP contribution in [0.25, 0.3) is 10.9 Å². The van der Waals surface area contributed by atoms with E-state index in [1.807, 2.05) is 35.9 Å². The molecule has 152 valence electrons. The molecule has 1 aromatic heterocycles. The van der Waals surface area contributed by atoms with Crippen molar-refractivity contribution >= 4 is 46.8 Å². The molecule has 0 saturated carbocycles. The van der Waals surface area contributed by atoms with E-state index in [1.165, 1.54) is 0 Å². The normalized spacial score (nSPS) is 19.8. The summed E-state index contributed by atoms with van der Waals surface area (Å²) in [4.78, 5) is 24.9. The molecule has 28 heavy (non-hydrogen) atoms. The number of nitrogens with one attached hydrogen (secondary N) is 1. The smallest absolute Gasteiger partial charge is 0.355 e. The molecular weight excluding hydrogens is 440 g/mol. The number of rotatable bonds is 6. The number of aromatic nitrogens is 1. The van der Waals surface area contributed by atoms with Crippen molar-refractivity contribution in [1.82, 2.24) is 9.88 Å². The third-order valence-electron chi connectivity index (χ3n) is 4.99. The molecule has 2 aromatic rings. The second kappa shape index (κ2) is 8.38. The second-order valence-electron chi connectivity index (χ2n) is 8.46. The van der Waals surface area contributed by atoms with Gasteiger partial charge in [0.25, 0.3) is 0 Å². The Kier molecular flexibility index (Phi) is 6.31. The minimum absolute atomic E-state index is 0.259. The molecule has 2 atom stereocenters. The van der Waals surface area contributed by atoms with Gasteiger partial charge in [-0.3, -0.25) is 4.79 Å². The van der Waals surface area contributed by atoms with Crippen LogP contribution in [0, 0.1) is 0 Å². The van der Waals surface area contributed by atoms with Gasteiger partial charge in [0, 0.05) is 43.5 Å². The van der Waals surface area contributed by atoms with E-state index in [1.54, 1.807) is 0 Å². The number of hydrogen-bond donors (Lipinski definition) is 1. The van der Waals surface area contributed by atoms with Gasteiger partial charge in [-0.25, -0.2) is 4.79 Å². The number of fused-ring (bicyclic) bond motifs is 1. The molecule has 0 aliphatic carbocycles. The van der Waals surface area contributed by atoms with Crippen LogP contribution in [-0.4, -0.2) is 49.9 Å². The number of halogens is 1. The molecule has 6 nitrogen and oxygen atoms in total. The molecule has 1 aromatic carbocycles. The Morgan fingerprint density at radius 1 is 1.32 bits per heavy atom. The lowest BCUT2D eigenvalue weighted by atomic mass is 10.2. The molecule has 0 radical (unpaired) electrons. The van der Waals surface area contributed by atoms with Gasteiger partial charge in [0.05, 0.1) is 6.61 Å². The fourth-order valence-corrected chi connectivity index (χ4v) is 4.45. The predicted molar refractivity (Wildman–Crippen MR) is 115 cm³/mol. The van der Waals surface area contributed by atoms with Gasteiger partial charge in [-0.2, -0.15) is 0 Å². The van der Waals surface area contributed by atoms with Crippen LogP contribution in [-0.2, 0) is 21.3 Å². The first-order chi connectivity index (χ1) is 13.2. The molecule has 1 aliphatic rings. The van der Waals surface area contributed by atoms with Gasteiger partial charge < -0.3 is 19.4 Å². The molecule has 0 unspecified atom stereocenters. The van der Waals surface area contributed by atoms with Crippen LogP contribution >= 0.6 is 15.9 Å². The molecule has 0 spiro atoms. The van der Waals surface area contributed by atoms with Gasteiger partial charge in [0.15, 0.2) is 0 Å². The zero-order valence-electron chi connectivity index (χ0n) is 16.8. The van der Waals surface area contributed by atoms with E-state index in [-0.39, 0.29) is 18.0 Å². The fraction of sp³-hybridized carbons (Fsp3) is 0.500. The maximum atomic E-state index is 12.7. The summed E-state index contributed by atoms with van der Waals surface area (Å²) in [6, 6.07) is 8.19. The highest BCUT2D eigenvalue weighted by Gasteiger charge is 2.33. The molecule has 1 saturated heterocycles. The SMILES string of the molecule is Cn1c(C(=O)O[C@H]2CN[C@H](C(=O)OCC[Si](C)(C)C)C2)cc2c(Br)cccc21. The largest absolute Gasteiger partial charge is 0.465 e. The van der Waals surface area contributed by atoms with Crippen LogP contribution in [0.5, 0.6) is 0 Å². The summed E-state index contributed by atoms with van der Waals surface area (Å²) in [5.74, 6) is -0.643. The number of nitrogens with zero attached hydrogens (tertiary/aromatic N) is 1. The highest BCUT2D eigenvalue weighted by molar-refractivity contribution is 9.10. The number of aryl methyl sites for hydroxylation is 1. The molecule has 0 amide bonds. The van der Waals surface area contributed by atoms with E-state index < -0.39 is 14.1 Å². The average molecular weight is 467 g/mol. The Bertz CT molecular complexity index is 890. The topological polar surface area (TPSA) is 69.6 Å². The number of benzene rings is 1.